The number of rotatable bonds is 3. The molecule has 2 aromatic rings. The summed E-state index contributed by atoms with van der Waals surface area (Å²) in [5.74, 6) is -0.751. The molecule has 0 unspecified atom stereocenters. The summed E-state index contributed by atoms with van der Waals surface area (Å²) in [6.45, 7) is 2.44. The van der Waals surface area contributed by atoms with Crippen LogP contribution in [0.15, 0.2) is 29.6 Å². The maximum atomic E-state index is 12.9. The Morgan fingerprint density at radius 2 is 2.22 bits per heavy atom. The molecular weight excluding hydrogens is 273 g/mol. The fraction of sp³-hybridized carbons (Fsp3) is 0.154. The largest absolute Gasteiger partial charge is 0.347 e. The number of carbonyl (C=O) groups is 1. The first kappa shape index (κ1) is 13.1. The summed E-state index contributed by atoms with van der Waals surface area (Å²) >= 11 is 7.40. The number of hydrogen-bond acceptors (Lipinski definition) is 2. The third-order valence-electron chi connectivity index (χ3n) is 2.55. The van der Waals surface area contributed by atoms with Crippen molar-refractivity contribution < 1.29 is 9.18 Å². The van der Waals surface area contributed by atoms with Crippen LogP contribution in [-0.2, 0) is 6.54 Å². The van der Waals surface area contributed by atoms with E-state index in [-0.39, 0.29) is 16.5 Å². The van der Waals surface area contributed by atoms with Gasteiger partial charge in [0.05, 0.1) is 17.1 Å². The minimum absolute atomic E-state index is 0.121. The first-order chi connectivity index (χ1) is 8.58. The maximum absolute atomic E-state index is 12.9. The van der Waals surface area contributed by atoms with E-state index in [0.29, 0.717) is 6.54 Å². The summed E-state index contributed by atoms with van der Waals surface area (Å²) in [5.41, 5.74) is 1.43. The smallest absolute Gasteiger partial charge is 0.253 e. The Kier molecular flexibility index (Phi) is 3.99. The lowest BCUT2D eigenvalue weighted by Crippen LogP contribution is -2.23. The van der Waals surface area contributed by atoms with Crippen molar-refractivity contribution in [3.8, 4) is 0 Å². The van der Waals surface area contributed by atoms with Crippen molar-refractivity contribution in [2.75, 3.05) is 0 Å². The van der Waals surface area contributed by atoms with Gasteiger partial charge in [-0.05, 0) is 42.1 Å². The molecule has 1 amide bonds. The molecule has 0 fully saturated rings. The summed E-state index contributed by atoms with van der Waals surface area (Å²) in [6.07, 6.45) is 0. The first-order valence-electron chi connectivity index (χ1n) is 5.34. The minimum Gasteiger partial charge on any atom is -0.347 e. The highest BCUT2D eigenvalue weighted by atomic mass is 35.5. The number of benzene rings is 1. The maximum Gasteiger partial charge on any atom is 0.253 e. The quantitative estimate of drug-likeness (QED) is 0.912. The van der Waals surface area contributed by atoms with E-state index < -0.39 is 5.82 Å². The number of halogens is 2. The Hall–Kier alpha value is -1.39. The van der Waals surface area contributed by atoms with Crippen LogP contribution in [0, 0.1) is 12.7 Å². The Bertz CT molecular complexity index is 582. The highest BCUT2D eigenvalue weighted by Gasteiger charge is 2.11. The van der Waals surface area contributed by atoms with Crippen molar-refractivity contribution in [2.45, 2.75) is 13.5 Å². The van der Waals surface area contributed by atoms with Crippen molar-refractivity contribution >= 4 is 28.8 Å². The van der Waals surface area contributed by atoms with Gasteiger partial charge in [0.15, 0.2) is 0 Å². The number of aryl methyl sites for hydroxylation is 1. The lowest BCUT2D eigenvalue weighted by molar-refractivity contribution is 0.0951. The predicted octanol–water partition coefficient (Wildman–Crippen LogP) is 3.78. The third-order valence-corrected chi connectivity index (χ3v) is 3.89. The molecule has 18 heavy (non-hydrogen) atoms. The minimum atomic E-state index is -0.453. The third kappa shape index (κ3) is 2.89. The van der Waals surface area contributed by atoms with E-state index in [4.69, 9.17) is 11.6 Å². The fourth-order valence-corrected chi connectivity index (χ4v) is 2.61. The summed E-state index contributed by atoms with van der Waals surface area (Å²) < 4.78 is 12.9. The van der Waals surface area contributed by atoms with E-state index in [1.54, 1.807) is 11.3 Å². The van der Waals surface area contributed by atoms with E-state index in [0.717, 1.165) is 16.5 Å². The molecule has 0 aliphatic rings. The highest BCUT2D eigenvalue weighted by molar-refractivity contribution is 7.10. The van der Waals surface area contributed by atoms with Gasteiger partial charge in [-0.1, -0.05) is 11.6 Å². The van der Waals surface area contributed by atoms with Gasteiger partial charge in [0.2, 0.25) is 0 Å². The van der Waals surface area contributed by atoms with Gasteiger partial charge in [0.25, 0.3) is 5.91 Å². The molecule has 0 saturated carbocycles. The second-order valence-corrected chi connectivity index (χ2v) is 5.24. The van der Waals surface area contributed by atoms with E-state index >= 15 is 0 Å². The molecule has 0 spiro atoms. The number of hydrogen-bond donors (Lipinski definition) is 1. The van der Waals surface area contributed by atoms with Crippen LogP contribution in [0.5, 0.6) is 0 Å². The molecule has 1 N–H and O–H groups in total. The van der Waals surface area contributed by atoms with Gasteiger partial charge in [-0.15, -0.1) is 11.3 Å². The molecule has 0 saturated heterocycles. The van der Waals surface area contributed by atoms with Gasteiger partial charge in [-0.25, -0.2) is 4.39 Å². The second-order valence-electron chi connectivity index (χ2n) is 3.83. The molecule has 5 heteroatoms. The van der Waals surface area contributed by atoms with Crippen LogP contribution in [0.25, 0.3) is 0 Å². The topological polar surface area (TPSA) is 29.1 Å². The van der Waals surface area contributed by atoms with Crippen molar-refractivity contribution in [3.05, 3.63) is 56.5 Å². The zero-order valence-corrected chi connectivity index (χ0v) is 11.2. The van der Waals surface area contributed by atoms with E-state index in [2.05, 4.69) is 5.32 Å². The van der Waals surface area contributed by atoms with Gasteiger partial charge < -0.3 is 5.32 Å². The SMILES string of the molecule is Cc1ccsc1CNC(=O)c1ccc(F)cc1Cl. The molecule has 1 aromatic heterocycles. The molecule has 0 atom stereocenters. The van der Waals surface area contributed by atoms with Gasteiger partial charge in [0.1, 0.15) is 5.82 Å². The first-order valence-corrected chi connectivity index (χ1v) is 6.60. The van der Waals surface area contributed by atoms with E-state index in [1.165, 1.54) is 12.1 Å². The molecule has 0 aliphatic carbocycles. The summed E-state index contributed by atoms with van der Waals surface area (Å²) in [4.78, 5) is 13.0. The van der Waals surface area contributed by atoms with E-state index in [1.807, 2.05) is 18.4 Å². The number of thiophene rings is 1. The normalized spacial score (nSPS) is 10.4. The summed E-state index contributed by atoms with van der Waals surface area (Å²) in [5, 5.41) is 4.86. The van der Waals surface area contributed by atoms with Crippen LogP contribution in [0.4, 0.5) is 4.39 Å². The predicted molar refractivity (Wildman–Crippen MR) is 71.6 cm³/mol. The number of nitrogens with one attached hydrogen (secondary N) is 1. The van der Waals surface area contributed by atoms with Crippen molar-refractivity contribution in [1.82, 2.24) is 5.32 Å². The van der Waals surface area contributed by atoms with Crippen LogP contribution in [-0.4, -0.2) is 5.91 Å². The Labute approximate surface area is 113 Å². The Morgan fingerprint density at radius 1 is 1.44 bits per heavy atom. The van der Waals surface area contributed by atoms with Crippen LogP contribution in [0.1, 0.15) is 20.8 Å². The van der Waals surface area contributed by atoms with Crippen molar-refractivity contribution in [3.63, 3.8) is 0 Å². The summed E-state index contributed by atoms with van der Waals surface area (Å²) in [6, 6.07) is 5.73. The zero-order valence-electron chi connectivity index (χ0n) is 9.67. The van der Waals surface area contributed by atoms with Crippen molar-refractivity contribution in [1.29, 1.82) is 0 Å². The monoisotopic (exact) mass is 283 g/mol. The summed E-state index contributed by atoms with van der Waals surface area (Å²) in [7, 11) is 0. The lowest BCUT2D eigenvalue weighted by atomic mass is 10.2. The number of carbonyl (C=O) groups excluding carboxylic acids is 1. The number of amides is 1. The van der Waals surface area contributed by atoms with E-state index in [9.17, 15) is 9.18 Å². The molecule has 0 aliphatic heterocycles. The Morgan fingerprint density at radius 3 is 2.83 bits per heavy atom. The molecule has 94 valence electrons. The van der Waals surface area contributed by atoms with Crippen LogP contribution < -0.4 is 5.32 Å². The molecule has 0 radical (unpaired) electrons. The van der Waals surface area contributed by atoms with Crippen LogP contribution in [0.3, 0.4) is 0 Å². The van der Waals surface area contributed by atoms with Crippen LogP contribution in [0.2, 0.25) is 5.02 Å². The van der Waals surface area contributed by atoms with Gasteiger partial charge in [-0.3, -0.25) is 4.79 Å². The highest BCUT2D eigenvalue weighted by Crippen LogP contribution is 2.18. The second kappa shape index (κ2) is 5.50. The molecular formula is C13H11ClFNOS. The molecule has 0 bridgehead atoms. The molecule has 2 nitrogen and oxygen atoms in total. The average Bonchev–Trinajstić information content (AvgIpc) is 2.72. The standard InChI is InChI=1S/C13H11ClFNOS/c1-8-4-5-18-12(8)7-16-13(17)10-3-2-9(15)6-11(10)14/h2-6H,7H2,1H3,(H,16,17). The molecule has 1 heterocycles. The lowest BCUT2D eigenvalue weighted by Gasteiger charge is -2.06. The van der Waals surface area contributed by atoms with Crippen molar-refractivity contribution in [2.24, 2.45) is 0 Å². The van der Waals surface area contributed by atoms with Gasteiger partial charge in [0, 0.05) is 4.88 Å². The Balaban J connectivity index is 2.06. The molecule has 2 rings (SSSR count). The zero-order chi connectivity index (χ0) is 13.1. The molecule has 1 aromatic carbocycles. The van der Waals surface area contributed by atoms with Gasteiger partial charge >= 0.3 is 0 Å². The van der Waals surface area contributed by atoms with Crippen LogP contribution >= 0.6 is 22.9 Å². The van der Waals surface area contributed by atoms with Gasteiger partial charge in [-0.2, -0.15) is 0 Å². The average molecular weight is 284 g/mol. The fourth-order valence-electron chi connectivity index (χ4n) is 1.51.